The number of nitrogens with one attached hydrogen (secondary N) is 1. The van der Waals surface area contributed by atoms with E-state index in [2.05, 4.69) is 37.7 Å². The molecule has 1 N–H and O–H groups in total. The number of nitrogens with zero attached hydrogens (tertiary/aromatic N) is 5. The van der Waals surface area contributed by atoms with Gasteiger partial charge in [-0.3, -0.25) is 4.79 Å². The normalized spacial score (nSPS) is 11.2. The fraction of sp³-hybridized carbons (Fsp3) is 0.0870. The quantitative estimate of drug-likeness (QED) is 0.526. The number of tetrazole rings is 1. The molecule has 0 bridgehead atoms. The number of hydrogen-bond acceptors (Lipinski definition) is 5. The van der Waals surface area contributed by atoms with E-state index in [4.69, 9.17) is 0 Å². The minimum atomic E-state index is -0.578. The van der Waals surface area contributed by atoms with Crippen LogP contribution in [0.1, 0.15) is 22.9 Å². The minimum Gasteiger partial charge on any atom is -0.324 e. The van der Waals surface area contributed by atoms with Gasteiger partial charge in [0.15, 0.2) is 0 Å². The van der Waals surface area contributed by atoms with E-state index in [0.717, 1.165) is 11.1 Å². The highest BCUT2D eigenvalue weighted by Gasteiger charge is 2.22. The lowest BCUT2D eigenvalue weighted by molar-refractivity contribution is -0.119. The standard InChI is InChI=1S/C23H18N6O/c30-23(22(29-17-25-27-28-29)16-18-7-2-1-3-8-18)26-21-11-6-9-19(15-21)12-13-20-10-4-5-14-24-20/h1-11,14-15,17,22H,16H2,(H,26,30). The molecule has 0 aliphatic carbocycles. The number of rotatable bonds is 5. The van der Waals surface area contributed by atoms with Gasteiger partial charge in [-0.05, 0) is 52.2 Å². The summed E-state index contributed by atoms with van der Waals surface area (Å²) in [7, 11) is 0. The lowest BCUT2D eigenvalue weighted by Crippen LogP contribution is -2.28. The van der Waals surface area contributed by atoms with E-state index in [-0.39, 0.29) is 5.91 Å². The van der Waals surface area contributed by atoms with Gasteiger partial charge in [0.25, 0.3) is 0 Å². The van der Waals surface area contributed by atoms with Crippen LogP contribution in [0.5, 0.6) is 0 Å². The average molecular weight is 394 g/mol. The molecule has 0 saturated carbocycles. The molecule has 0 spiro atoms. The second-order valence-electron chi connectivity index (χ2n) is 6.53. The average Bonchev–Trinajstić information content (AvgIpc) is 3.32. The van der Waals surface area contributed by atoms with Crippen molar-refractivity contribution in [1.29, 1.82) is 0 Å². The van der Waals surface area contributed by atoms with Gasteiger partial charge in [0.1, 0.15) is 18.1 Å². The summed E-state index contributed by atoms with van der Waals surface area (Å²) in [5.41, 5.74) is 3.14. The SMILES string of the molecule is O=C(Nc1cccc(C#Cc2ccccn2)c1)C(Cc1ccccc1)n1cnnn1. The largest absolute Gasteiger partial charge is 0.324 e. The Labute approximate surface area is 173 Å². The third-order valence-electron chi connectivity index (χ3n) is 4.39. The number of carbonyl (C=O) groups is 1. The first kappa shape index (κ1) is 19.0. The number of anilines is 1. The second kappa shape index (κ2) is 9.26. The zero-order valence-corrected chi connectivity index (χ0v) is 16.0. The first-order chi connectivity index (χ1) is 14.8. The van der Waals surface area contributed by atoms with Crippen LogP contribution in [0.3, 0.4) is 0 Å². The van der Waals surface area contributed by atoms with Crippen molar-refractivity contribution in [2.45, 2.75) is 12.5 Å². The lowest BCUT2D eigenvalue weighted by atomic mass is 10.1. The fourth-order valence-electron chi connectivity index (χ4n) is 2.93. The van der Waals surface area contributed by atoms with Gasteiger partial charge in [-0.1, -0.05) is 48.4 Å². The Kier molecular flexibility index (Phi) is 5.87. The molecule has 146 valence electrons. The van der Waals surface area contributed by atoms with Gasteiger partial charge < -0.3 is 5.32 Å². The molecule has 0 aliphatic rings. The first-order valence-electron chi connectivity index (χ1n) is 9.38. The summed E-state index contributed by atoms with van der Waals surface area (Å²) < 4.78 is 1.47. The molecular formula is C23H18N6O. The number of carbonyl (C=O) groups excluding carboxylic acids is 1. The molecule has 0 saturated heterocycles. The molecule has 1 unspecified atom stereocenters. The van der Waals surface area contributed by atoms with E-state index < -0.39 is 6.04 Å². The Morgan fingerprint density at radius 2 is 1.87 bits per heavy atom. The molecule has 2 heterocycles. The van der Waals surface area contributed by atoms with Crippen LogP contribution in [0.25, 0.3) is 0 Å². The maximum atomic E-state index is 13.0. The van der Waals surface area contributed by atoms with Crippen LogP contribution in [0, 0.1) is 11.8 Å². The molecule has 2 aromatic carbocycles. The Hall–Kier alpha value is -4.31. The molecule has 7 heteroatoms. The summed E-state index contributed by atoms with van der Waals surface area (Å²) in [5.74, 6) is 5.88. The van der Waals surface area contributed by atoms with Gasteiger partial charge in [-0.15, -0.1) is 5.10 Å². The number of benzene rings is 2. The van der Waals surface area contributed by atoms with Crippen LogP contribution in [0.15, 0.2) is 85.3 Å². The molecule has 1 amide bonds. The summed E-state index contributed by atoms with van der Waals surface area (Å²) in [6, 6.07) is 22.1. The van der Waals surface area contributed by atoms with Crippen molar-refractivity contribution in [3.8, 4) is 11.8 Å². The zero-order chi connectivity index (χ0) is 20.6. The smallest absolute Gasteiger partial charge is 0.249 e. The third-order valence-corrected chi connectivity index (χ3v) is 4.39. The third kappa shape index (κ3) is 4.94. The zero-order valence-electron chi connectivity index (χ0n) is 16.0. The fourth-order valence-corrected chi connectivity index (χ4v) is 2.93. The van der Waals surface area contributed by atoms with Crippen LogP contribution in [-0.4, -0.2) is 31.1 Å². The van der Waals surface area contributed by atoms with E-state index in [9.17, 15) is 4.79 Å². The van der Waals surface area contributed by atoms with Crippen LogP contribution in [0.4, 0.5) is 5.69 Å². The Morgan fingerprint density at radius 1 is 1.00 bits per heavy atom. The van der Waals surface area contributed by atoms with Crippen molar-refractivity contribution >= 4 is 11.6 Å². The van der Waals surface area contributed by atoms with Crippen LogP contribution >= 0.6 is 0 Å². The van der Waals surface area contributed by atoms with Crippen LogP contribution < -0.4 is 5.32 Å². The summed E-state index contributed by atoms with van der Waals surface area (Å²) >= 11 is 0. The van der Waals surface area contributed by atoms with E-state index >= 15 is 0 Å². The van der Waals surface area contributed by atoms with Crippen molar-refractivity contribution in [3.63, 3.8) is 0 Å². The highest BCUT2D eigenvalue weighted by atomic mass is 16.2. The van der Waals surface area contributed by atoms with Crippen molar-refractivity contribution < 1.29 is 4.79 Å². The van der Waals surface area contributed by atoms with Gasteiger partial charge >= 0.3 is 0 Å². The molecule has 0 aliphatic heterocycles. The maximum absolute atomic E-state index is 13.0. The van der Waals surface area contributed by atoms with E-state index in [0.29, 0.717) is 17.8 Å². The summed E-state index contributed by atoms with van der Waals surface area (Å²) in [5, 5.41) is 14.2. The minimum absolute atomic E-state index is 0.207. The van der Waals surface area contributed by atoms with Crippen LogP contribution in [-0.2, 0) is 11.2 Å². The predicted molar refractivity (Wildman–Crippen MR) is 112 cm³/mol. The second-order valence-corrected chi connectivity index (χ2v) is 6.53. The summed E-state index contributed by atoms with van der Waals surface area (Å²) in [4.78, 5) is 17.2. The van der Waals surface area contributed by atoms with Crippen molar-refractivity contribution in [2.24, 2.45) is 0 Å². The molecular weight excluding hydrogens is 376 g/mol. The summed E-state index contributed by atoms with van der Waals surface area (Å²) in [6.07, 6.45) is 3.62. The highest BCUT2D eigenvalue weighted by Crippen LogP contribution is 2.17. The topological polar surface area (TPSA) is 85.6 Å². The number of pyridine rings is 1. The Bertz CT molecular complexity index is 1160. The lowest BCUT2D eigenvalue weighted by Gasteiger charge is -2.16. The van der Waals surface area contributed by atoms with Gasteiger partial charge in [-0.25, -0.2) is 9.67 Å². The van der Waals surface area contributed by atoms with Crippen LogP contribution in [0.2, 0.25) is 0 Å². The van der Waals surface area contributed by atoms with Gasteiger partial charge in [0.05, 0.1) is 0 Å². The number of hydrogen-bond donors (Lipinski definition) is 1. The molecule has 30 heavy (non-hydrogen) atoms. The summed E-state index contributed by atoms with van der Waals surface area (Å²) in [6.45, 7) is 0. The number of aromatic nitrogens is 5. The Balaban J connectivity index is 1.52. The monoisotopic (exact) mass is 394 g/mol. The molecule has 2 aromatic heterocycles. The Morgan fingerprint density at radius 3 is 2.63 bits per heavy atom. The van der Waals surface area contributed by atoms with E-state index in [1.54, 1.807) is 6.20 Å². The van der Waals surface area contributed by atoms with E-state index in [1.165, 1.54) is 11.0 Å². The van der Waals surface area contributed by atoms with Crippen molar-refractivity contribution in [3.05, 3.63) is 102 Å². The van der Waals surface area contributed by atoms with Gasteiger partial charge in [0, 0.05) is 23.9 Å². The highest BCUT2D eigenvalue weighted by molar-refractivity contribution is 5.94. The van der Waals surface area contributed by atoms with Crippen molar-refractivity contribution in [1.82, 2.24) is 25.2 Å². The molecule has 7 nitrogen and oxygen atoms in total. The molecule has 4 rings (SSSR count). The van der Waals surface area contributed by atoms with Gasteiger partial charge in [-0.2, -0.15) is 0 Å². The maximum Gasteiger partial charge on any atom is 0.249 e. The van der Waals surface area contributed by atoms with Crippen molar-refractivity contribution in [2.75, 3.05) is 5.32 Å². The van der Waals surface area contributed by atoms with E-state index in [1.807, 2.05) is 72.8 Å². The molecule has 4 aromatic rings. The predicted octanol–water partition coefficient (Wildman–Crippen LogP) is 2.89. The number of amides is 1. The first-order valence-corrected chi connectivity index (χ1v) is 9.38. The molecule has 1 atom stereocenters. The molecule has 0 radical (unpaired) electrons. The molecule has 0 fully saturated rings. The van der Waals surface area contributed by atoms with Gasteiger partial charge in [0.2, 0.25) is 5.91 Å².